The van der Waals surface area contributed by atoms with Crippen molar-refractivity contribution in [2.75, 3.05) is 11.3 Å². The molecule has 130 valence electrons. The summed E-state index contributed by atoms with van der Waals surface area (Å²) in [4.78, 5) is 3.90. The number of nitrogens with one attached hydrogen (secondary N) is 1. The Morgan fingerprint density at radius 1 is 1.20 bits per heavy atom. The summed E-state index contributed by atoms with van der Waals surface area (Å²) in [7, 11) is -3.90. The van der Waals surface area contributed by atoms with Crippen molar-refractivity contribution in [3.05, 3.63) is 60.0 Å². The van der Waals surface area contributed by atoms with E-state index < -0.39 is 15.8 Å². The lowest BCUT2D eigenvalue weighted by Gasteiger charge is -2.13. The lowest BCUT2D eigenvalue weighted by molar-refractivity contribution is 0.338. The van der Waals surface area contributed by atoms with Crippen molar-refractivity contribution >= 4 is 26.6 Å². The van der Waals surface area contributed by atoms with Gasteiger partial charge in [-0.3, -0.25) is 9.71 Å². The number of nitrogens with zero attached hydrogens (tertiary/aromatic N) is 1. The fourth-order valence-electron chi connectivity index (χ4n) is 2.59. The van der Waals surface area contributed by atoms with E-state index in [-0.39, 0.29) is 15.8 Å². The molecule has 2 aromatic carbocycles. The molecule has 0 unspecified atom stereocenters. The van der Waals surface area contributed by atoms with Gasteiger partial charge in [0.1, 0.15) is 17.1 Å². The quantitative estimate of drug-likeness (QED) is 0.750. The number of benzene rings is 2. The molecule has 7 heteroatoms. The number of rotatable bonds is 5. The summed E-state index contributed by atoms with van der Waals surface area (Å²) in [5.41, 5.74) is 1.24. The van der Waals surface area contributed by atoms with E-state index in [0.717, 1.165) is 11.6 Å². The first-order valence-electron chi connectivity index (χ1n) is 7.72. The molecule has 1 aromatic heterocycles. The van der Waals surface area contributed by atoms with Crippen LogP contribution in [0.4, 0.5) is 10.1 Å². The van der Waals surface area contributed by atoms with E-state index in [2.05, 4.69) is 9.71 Å². The third-order valence-electron chi connectivity index (χ3n) is 3.70. The summed E-state index contributed by atoms with van der Waals surface area (Å²) in [5, 5.41) is 0.234. The maximum absolute atomic E-state index is 13.9. The first-order chi connectivity index (χ1) is 11.9. The van der Waals surface area contributed by atoms with E-state index in [1.807, 2.05) is 13.8 Å². The predicted molar refractivity (Wildman–Crippen MR) is 94.9 cm³/mol. The van der Waals surface area contributed by atoms with Gasteiger partial charge in [-0.25, -0.2) is 12.8 Å². The van der Waals surface area contributed by atoms with Crippen LogP contribution in [0.2, 0.25) is 0 Å². The Bertz CT molecular complexity index is 1040. The minimum atomic E-state index is -3.90. The van der Waals surface area contributed by atoms with Crippen LogP contribution in [0.5, 0.6) is 5.75 Å². The van der Waals surface area contributed by atoms with Crippen molar-refractivity contribution in [2.24, 2.45) is 0 Å². The third-order valence-corrected chi connectivity index (χ3v) is 5.14. The monoisotopic (exact) mass is 360 g/mol. The Balaban J connectivity index is 2.01. The summed E-state index contributed by atoms with van der Waals surface area (Å²) in [5.74, 6) is 0.133. The van der Waals surface area contributed by atoms with Crippen molar-refractivity contribution < 1.29 is 17.5 Å². The number of ether oxygens (including phenoxy) is 1. The summed E-state index contributed by atoms with van der Waals surface area (Å²) in [6.07, 6.45) is 1.42. The van der Waals surface area contributed by atoms with E-state index in [4.69, 9.17) is 4.74 Å². The first-order valence-corrected chi connectivity index (χ1v) is 9.20. The average molecular weight is 360 g/mol. The van der Waals surface area contributed by atoms with Crippen molar-refractivity contribution in [3.63, 3.8) is 0 Å². The Hall–Kier alpha value is -2.67. The number of hydrogen-bond acceptors (Lipinski definition) is 4. The molecule has 0 aliphatic rings. The second-order valence-corrected chi connectivity index (χ2v) is 7.11. The highest BCUT2D eigenvalue weighted by molar-refractivity contribution is 7.93. The lowest BCUT2D eigenvalue weighted by atomic mass is 10.2. The van der Waals surface area contributed by atoms with Crippen LogP contribution in [-0.4, -0.2) is 20.0 Å². The van der Waals surface area contributed by atoms with Crippen LogP contribution in [0.3, 0.4) is 0 Å². The highest BCUT2D eigenvalue weighted by atomic mass is 32.2. The topological polar surface area (TPSA) is 68.3 Å². The van der Waals surface area contributed by atoms with Crippen molar-refractivity contribution in [3.8, 4) is 5.75 Å². The van der Waals surface area contributed by atoms with Crippen LogP contribution < -0.4 is 9.46 Å². The number of sulfonamides is 1. The van der Waals surface area contributed by atoms with Crippen molar-refractivity contribution in [1.29, 1.82) is 0 Å². The van der Waals surface area contributed by atoms with Crippen LogP contribution in [0, 0.1) is 12.7 Å². The molecule has 1 N–H and O–H groups in total. The molecule has 0 spiro atoms. The van der Waals surface area contributed by atoms with E-state index in [1.165, 1.54) is 18.3 Å². The number of anilines is 1. The first kappa shape index (κ1) is 17.2. The zero-order valence-electron chi connectivity index (χ0n) is 13.8. The van der Waals surface area contributed by atoms with Crippen LogP contribution >= 0.6 is 0 Å². The molecule has 5 nitrogen and oxygen atoms in total. The standard InChI is InChI=1S/C18H17FN2O3S/c1-3-24-16-8-6-13(11-12(16)2)21-25(22,23)17-9-7-15(19)18-14(17)5-4-10-20-18/h4-11,21H,3H2,1-2H3. The minimum absolute atomic E-state index is 0.0215. The summed E-state index contributed by atoms with van der Waals surface area (Å²) in [6, 6.07) is 10.5. The van der Waals surface area contributed by atoms with E-state index >= 15 is 0 Å². The molecule has 3 rings (SSSR count). The smallest absolute Gasteiger partial charge is 0.262 e. The highest BCUT2D eigenvalue weighted by Gasteiger charge is 2.20. The van der Waals surface area contributed by atoms with Gasteiger partial charge >= 0.3 is 0 Å². The summed E-state index contributed by atoms with van der Waals surface area (Å²) >= 11 is 0. The van der Waals surface area contributed by atoms with Gasteiger partial charge in [-0.1, -0.05) is 0 Å². The Morgan fingerprint density at radius 3 is 2.72 bits per heavy atom. The number of aryl methyl sites for hydroxylation is 1. The zero-order valence-corrected chi connectivity index (χ0v) is 14.6. The molecule has 0 aliphatic heterocycles. The van der Waals surface area contributed by atoms with Gasteiger partial charge in [-0.15, -0.1) is 0 Å². The summed E-state index contributed by atoms with van der Waals surface area (Å²) < 4.78 is 47.3. The second kappa shape index (κ2) is 6.68. The fourth-order valence-corrected chi connectivity index (χ4v) is 3.84. The second-order valence-electron chi connectivity index (χ2n) is 5.46. The molecule has 0 atom stereocenters. The Kier molecular flexibility index (Phi) is 4.59. The normalized spacial score (nSPS) is 11.5. The Morgan fingerprint density at radius 2 is 2.00 bits per heavy atom. The van der Waals surface area contributed by atoms with Gasteiger partial charge in [-0.05, 0) is 61.9 Å². The molecule has 0 aliphatic carbocycles. The maximum atomic E-state index is 13.9. The molecular weight excluding hydrogens is 343 g/mol. The number of pyridine rings is 1. The molecule has 0 bridgehead atoms. The molecule has 1 heterocycles. The van der Waals surface area contributed by atoms with Gasteiger partial charge in [0.15, 0.2) is 0 Å². The average Bonchev–Trinajstić information content (AvgIpc) is 2.57. The number of hydrogen-bond donors (Lipinski definition) is 1. The van der Waals surface area contributed by atoms with Crippen LogP contribution in [0.15, 0.2) is 53.6 Å². The van der Waals surface area contributed by atoms with E-state index in [9.17, 15) is 12.8 Å². The van der Waals surface area contributed by atoms with Crippen molar-refractivity contribution in [2.45, 2.75) is 18.7 Å². The van der Waals surface area contributed by atoms with Gasteiger partial charge in [0.05, 0.1) is 11.5 Å². The highest BCUT2D eigenvalue weighted by Crippen LogP contribution is 2.27. The van der Waals surface area contributed by atoms with Crippen LogP contribution in [0.25, 0.3) is 10.9 Å². The summed E-state index contributed by atoms with van der Waals surface area (Å²) in [6.45, 7) is 4.24. The molecule has 25 heavy (non-hydrogen) atoms. The van der Waals surface area contributed by atoms with Gasteiger partial charge in [0, 0.05) is 17.3 Å². The maximum Gasteiger partial charge on any atom is 0.262 e. The lowest BCUT2D eigenvalue weighted by Crippen LogP contribution is -2.14. The SMILES string of the molecule is CCOc1ccc(NS(=O)(=O)c2ccc(F)c3ncccc23)cc1C. The molecule has 0 amide bonds. The molecule has 0 saturated carbocycles. The van der Waals surface area contributed by atoms with Crippen molar-refractivity contribution in [1.82, 2.24) is 4.98 Å². The van der Waals surface area contributed by atoms with E-state index in [1.54, 1.807) is 24.3 Å². The molecule has 3 aromatic rings. The fraction of sp³-hybridized carbons (Fsp3) is 0.167. The van der Waals surface area contributed by atoms with E-state index in [0.29, 0.717) is 18.0 Å². The molecule has 0 fully saturated rings. The number of fused-ring (bicyclic) bond motifs is 1. The minimum Gasteiger partial charge on any atom is -0.494 e. The molecular formula is C18H17FN2O3S. The molecule has 0 radical (unpaired) electrons. The number of halogens is 1. The van der Waals surface area contributed by atoms with Gasteiger partial charge in [0.2, 0.25) is 0 Å². The zero-order chi connectivity index (χ0) is 18.0. The Labute approximate surface area is 145 Å². The molecule has 0 saturated heterocycles. The van der Waals surface area contributed by atoms with Gasteiger partial charge < -0.3 is 4.74 Å². The van der Waals surface area contributed by atoms with Gasteiger partial charge in [0.25, 0.3) is 10.0 Å². The third kappa shape index (κ3) is 3.41. The largest absolute Gasteiger partial charge is 0.494 e. The predicted octanol–water partition coefficient (Wildman–Crippen LogP) is 3.88. The van der Waals surface area contributed by atoms with Crippen LogP contribution in [-0.2, 0) is 10.0 Å². The number of aromatic nitrogens is 1. The van der Waals surface area contributed by atoms with Gasteiger partial charge in [-0.2, -0.15) is 0 Å². The van der Waals surface area contributed by atoms with Crippen LogP contribution in [0.1, 0.15) is 12.5 Å².